The van der Waals surface area contributed by atoms with Gasteiger partial charge in [0.15, 0.2) is 17.2 Å². The molecule has 5 nitrogen and oxygen atoms in total. The molecule has 0 aromatic heterocycles. The van der Waals surface area contributed by atoms with Crippen molar-refractivity contribution in [1.29, 1.82) is 0 Å². The van der Waals surface area contributed by atoms with Crippen molar-refractivity contribution >= 4 is 51.3 Å². The third-order valence-electron chi connectivity index (χ3n) is 4.73. The molecule has 1 aliphatic heterocycles. The van der Waals surface area contributed by atoms with E-state index in [1.54, 1.807) is 13.2 Å². The van der Waals surface area contributed by atoms with Crippen molar-refractivity contribution in [3.8, 4) is 11.5 Å². The normalized spacial score (nSPS) is 14.8. The molecule has 0 saturated heterocycles. The number of hydrogen-bond donors (Lipinski definition) is 0. The fourth-order valence-corrected chi connectivity index (χ4v) is 4.01. The van der Waals surface area contributed by atoms with E-state index in [0.29, 0.717) is 29.9 Å². The lowest BCUT2D eigenvalue weighted by Gasteiger charge is -2.15. The summed E-state index contributed by atoms with van der Waals surface area (Å²) in [4.78, 5) is 16.9. The molecule has 3 aromatic rings. The first-order valence-corrected chi connectivity index (χ1v) is 11.0. The van der Waals surface area contributed by atoms with Crippen molar-refractivity contribution in [1.82, 2.24) is 0 Å². The first-order valence-electron chi connectivity index (χ1n) is 9.96. The maximum atomic E-state index is 12.4. The van der Waals surface area contributed by atoms with E-state index >= 15 is 0 Å². The molecular formula is C25H22INO4. The Hall–Kier alpha value is -2.87. The van der Waals surface area contributed by atoms with Crippen molar-refractivity contribution in [2.24, 2.45) is 10.9 Å². The summed E-state index contributed by atoms with van der Waals surface area (Å²) in [5.74, 6) is 1.55. The highest BCUT2D eigenvalue weighted by molar-refractivity contribution is 14.1. The summed E-state index contributed by atoms with van der Waals surface area (Å²) < 4.78 is 17.8. The van der Waals surface area contributed by atoms with Crippen LogP contribution in [0.15, 0.2) is 65.3 Å². The van der Waals surface area contributed by atoms with E-state index in [9.17, 15) is 4.79 Å². The summed E-state index contributed by atoms with van der Waals surface area (Å²) in [6.45, 7) is 4.78. The minimum absolute atomic E-state index is 0.247. The Bertz CT molecular complexity index is 1210. The van der Waals surface area contributed by atoms with E-state index in [1.807, 2.05) is 54.6 Å². The van der Waals surface area contributed by atoms with Crippen LogP contribution in [0.5, 0.6) is 11.5 Å². The SMILES string of the molecule is COc1cc(/C=C2\N=C(c3ccc4ccccc4c3)OC2=O)cc(I)c1OCC(C)C. The van der Waals surface area contributed by atoms with Gasteiger partial charge in [-0.1, -0.05) is 44.2 Å². The number of rotatable bonds is 6. The molecule has 0 fully saturated rings. The number of ether oxygens (including phenoxy) is 3. The molecule has 0 N–H and O–H groups in total. The van der Waals surface area contributed by atoms with Crippen LogP contribution in [-0.4, -0.2) is 25.6 Å². The van der Waals surface area contributed by atoms with Crippen molar-refractivity contribution in [2.75, 3.05) is 13.7 Å². The van der Waals surface area contributed by atoms with Crippen LogP contribution in [0.2, 0.25) is 0 Å². The summed E-state index contributed by atoms with van der Waals surface area (Å²) >= 11 is 2.21. The standard InChI is InChI=1S/C25H22INO4/c1-15(2)14-30-23-20(26)10-16(12-22(23)29-3)11-21-25(28)31-24(27-21)19-9-8-17-6-4-5-7-18(17)13-19/h4-13,15H,14H2,1-3H3/b21-11-. The zero-order chi connectivity index (χ0) is 22.0. The van der Waals surface area contributed by atoms with Crippen LogP contribution in [0.25, 0.3) is 16.8 Å². The van der Waals surface area contributed by atoms with Gasteiger partial charge in [-0.2, -0.15) is 0 Å². The molecule has 0 unspecified atom stereocenters. The maximum absolute atomic E-state index is 12.4. The first kappa shape index (κ1) is 21.4. The Labute approximate surface area is 194 Å². The van der Waals surface area contributed by atoms with E-state index in [0.717, 1.165) is 25.5 Å². The number of carbonyl (C=O) groups is 1. The second kappa shape index (κ2) is 9.09. The Morgan fingerprint density at radius 3 is 2.61 bits per heavy atom. The Balaban J connectivity index is 1.65. The molecule has 31 heavy (non-hydrogen) atoms. The number of hydrogen-bond acceptors (Lipinski definition) is 5. The minimum atomic E-state index is -0.475. The summed E-state index contributed by atoms with van der Waals surface area (Å²) in [5, 5.41) is 2.18. The number of benzene rings is 3. The highest BCUT2D eigenvalue weighted by Crippen LogP contribution is 2.35. The summed E-state index contributed by atoms with van der Waals surface area (Å²) in [6, 6.07) is 17.7. The summed E-state index contributed by atoms with van der Waals surface area (Å²) in [5.41, 5.74) is 1.80. The number of methoxy groups -OCH3 is 1. The molecule has 158 valence electrons. The third-order valence-corrected chi connectivity index (χ3v) is 5.53. The average molecular weight is 527 g/mol. The number of carbonyl (C=O) groups excluding carboxylic acids is 1. The number of aliphatic imine (C=N–C) groups is 1. The number of cyclic esters (lactones) is 1. The molecule has 0 bridgehead atoms. The van der Waals surface area contributed by atoms with E-state index in [1.165, 1.54) is 0 Å². The third kappa shape index (κ3) is 4.74. The Morgan fingerprint density at radius 1 is 1.10 bits per heavy atom. The fraction of sp³-hybridized carbons (Fsp3) is 0.200. The van der Waals surface area contributed by atoms with Crippen molar-refractivity contribution in [3.63, 3.8) is 0 Å². The zero-order valence-electron chi connectivity index (χ0n) is 17.5. The lowest BCUT2D eigenvalue weighted by atomic mass is 10.1. The minimum Gasteiger partial charge on any atom is -0.493 e. The van der Waals surface area contributed by atoms with Crippen LogP contribution in [0.3, 0.4) is 0 Å². The molecule has 3 aromatic carbocycles. The van der Waals surface area contributed by atoms with E-state index in [-0.39, 0.29) is 5.70 Å². The summed E-state index contributed by atoms with van der Waals surface area (Å²) in [7, 11) is 1.60. The van der Waals surface area contributed by atoms with Gasteiger partial charge < -0.3 is 14.2 Å². The summed E-state index contributed by atoms with van der Waals surface area (Å²) in [6.07, 6.45) is 1.70. The van der Waals surface area contributed by atoms with E-state index in [4.69, 9.17) is 14.2 Å². The second-order valence-electron chi connectivity index (χ2n) is 7.64. The van der Waals surface area contributed by atoms with Gasteiger partial charge in [0.2, 0.25) is 5.90 Å². The van der Waals surface area contributed by atoms with Crippen molar-refractivity contribution in [3.05, 3.63) is 75.0 Å². The van der Waals surface area contributed by atoms with Crippen LogP contribution in [0.1, 0.15) is 25.0 Å². The molecule has 0 saturated carbocycles. The molecule has 0 aliphatic carbocycles. The molecule has 6 heteroatoms. The molecule has 1 aliphatic rings. The average Bonchev–Trinajstić information content (AvgIpc) is 3.12. The molecule has 0 atom stereocenters. The van der Waals surface area contributed by atoms with Gasteiger partial charge in [0, 0.05) is 5.56 Å². The number of nitrogens with zero attached hydrogens (tertiary/aromatic N) is 1. The van der Waals surface area contributed by atoms with Crippen LogP contribution in [0.4, 0.5) is 0 Å². The predicted molar refractivity (Wildman–Crippen MR) is 131 cm³/mol. The quantitative estimate of drug-likeness (QED) is 0.230. The van der Waals surface area contributed by atoms with Crippen LogP contribution in [-0.2, 0) is 9.53 Å². The van der Waals surface area contributed by atoms with Crippen LogP contribution >= 0.6 is 22.6 Å². The molecule has 0 radical (unpaired) electrons. The topological polar surface area (TPSA) is 57.1 Å². The van der Waals surface area contributed by atoms with Gasteiger partial charge in [-0.3, -0.25) is 0 Å². The number of fused-ring (bicyclic) bond motifs is 1. The number of halogens is 1. The van der Waals surface area contributed by atoms with Gasteiger partial charge in [0.1, 0.15) is 0 Å². The molecule has 4 rings (SSSR count). The molecule has 0 spiro atoms. The fourth-order valence-electron chi connectivity index (χ4n) is 3.23. The first-order chi connectivity index (χ1) is 14.9. The van der Waals surface area contributed by atoms with Gasteiger partial charge in [-0.05, 0) is 75.2 Å². The zero-order valence-corrected chi connectivity index (χ0v) is 19.7. The van der Waals surface area contributed by atoms with Gasteiger partial charge >= 0.3 is 5.97 Å². The van der Waals surface area contributed by atoms with Gasteiger partial charge in [0.05, 0.1) is 17.3 Å². The lowest BCUT2D eigenvalue weighted by Crippen LogP contribution is -2.07. The lowest BCUT2D eigenvalue weighted by molar-refractivity contribution is -0.129. The van der Waals surface area contributed by atoms with E-state index < -0.39 is 5.97 Å². The van der Waals surface area contributed by atoms with Crippen LogP contribution in [0, 0.1) is 9.49 Å². The monoisotopic (exact) mass is 527 g/mol. The molecular weight excluding hydrogens is 505 g/mol. The maximum Gasteiger partial charge on any atom is 0.363 e. The molecule has 0 amide bonds. The van der Waals surface area contributed by atoms with Crippen molar-refractivity contribution < 1.29 is 19.0 Å². The van der Waals surface area contributed by atoms with Gasteiger partial charge in [-0.15, -0.1) is 0 Å². The number of esters is 1. The largest absolute Gasteiger partial charge is 0.493 e. The second-order valence-corrected chi connectivity index (χ2v) is 8.80. The van der Waals surface area contributed by atoms with Gasteiger partial charge in [0.25, 0.3) is 0 Å². The van der Waals surface area contributed by atoms with Crippen molar-refractivity contribution in [2.45, 2.75) is 13.8 Å². The van der Waals surface area contributed by atoms with Crippen LogP contribution < -0.4 is 9.47 Å². The Morgan fingerprint density at radius 2 is 1.87 bits per heavy atom. The predicted octanol–water partition coefficient (Wildman–Crippen LogP) is 5.83. The molecule has 1 heterocycles. The highest BCUT2D eigenvalue weighted by atomic mass is 127. The van der Waals surface area contributed by atoms with E-state index in [2.05, 4.69) is 41.4 Å². The smallest absolute Gasteiger partial charge is 0.363 e. The highest BCUT2D eigenvalue weighted by Gasteiger charge is 2.24. The Kier molecular flexibility index (Phi) is 6.27. The van der Waals surface area contributed by atoms with Gasteiger partial charge in [-0.25, -0.2) is 9.79 Å².